The van der Waals surface area contributed by atoms with Crippen LogP contribution in [-0.2, 0) is 4.74 Å². The number of carbonyl (C=O) groups is 1. The van der Waals surface area contributed by atoms with E-state index in [2.05, 4.69) is 10.2 Å². The first-order valence-corrected chi connectivity index (χ1v) is 3.86. The molecule has 0 bridgehead atoms. The normalized spacial score (nSPS) is 8.50. The molecule has 0 amide bonds. The van der Waals surface area contributed by atoms with Gasteiger partial charge >= 0.3 is 5.97 Å². The van der Waals surface area contributed by atoms with E-state index < -0.39 is 5.97 Å². The lowest BCUT2D eigenvalue weighted by Gasteiger charge is -2.02. The zero-order valence-corrected chi connectivity index (χ0v) is 8.15. The van der Waals surface area contributed by atoms with E-state index in [4.69, 9.17) is 10.9 Å². The van der Waals surface area contributed by atoms with Crippen molar-refractivity contribution in [2.75, 3.05) is 19.6 Å². The predicted octanol–water partition coefficient (Wildman–Crippen LogP) is 0.933. The fraction of sp³-hybridized carbons (Fsp3) is 0.222. The minimum atomic E-state index is -0.987. The molecule has 0 spiro atoms. The van der Waals surface area contributed by atoms with E-state index in [-0.39, 0.29) is 5.56 Å². The van der Waals surface area contributed by atoms with Gasteiger partial charge < -0.3 is 15.3 Å². The van der Waals surface area contributed by atoms with Crippen LogP contribution < -0.4 is 11.3 Å². The Balaban J connectivity index is 0.000000500. The van der Waals surface area contributed by atoms with Crippen LogP contribution in [0.3, 0.4) is 0 Å². The molecule has 0 aliphatic rings. The summed E-state index contributed by atoms with van der Waals surface area (Å²) in [5, 5.41) is 8.60. The number of para-hydroxylation sites is 1. The second kappa shape index (κ2) is 6.88. The lowest BCUT2D eigenvalue weighted by Crippen LogP contribution is -2.11. The van der Waals surface area contributed by atoms with Crippen LogP contribution in [0.25, 0.3) is 0 Å². The Kier molecular flexibility index (Phi) is 6.09. The second-order valence-electron chi connectivity index (χ2n) is 2.40. The third-order valence-electron chi connectivity index (χ3n) is 1.31. The number of hydrazine groups is 1. The maximum atomic E-state index is 10.5. The molecule has 0 fully saturated rings. The maximum Gasteiger partial charge on any atom is 0.337 e. The molecule has 14 heavy (non-hydrogen) atoms. The van der Waals surface area contributed by atoms with Crippen LogP contribution in [-0.4, -0.2) is 25.3 Å². The number of rotatable bonds is 2. The Morgan fingerprint density at radius 1 is 1.43 bits per heavy atom. The largest absolute Gasteiger partial charge is 0.478 e. The minimum Gasteiger partial charge on any atom is -0.478 e. The van der Waals surface area contributed by atoms with Gasteiger partial charge in [0.2, 0.25) is 0 Å². The number of carboxylic acids is 1. The molecule has 1 aromatic carbocycles. The van der Waals surface area contributed by atoms with Gasteiger partial charge in [-0.25, -0.2) is 4.79 Å². The first kappa shape index (κ1) is 12.4. The van der Waals surface area contributed by atoms with Crippen LogP contribution in [0, 0.1) is 0 Å². The van der Waals surface area contributed by atoms with Crippen LogP contribution in [0.1, 0.15) is 10.4 Å². The number of nitrogen functional groups attached to an aromatic ring is 1. The van der Waals surface area contributed by atoms with Crippen molar-refractivity contribution in [3.63, 3.8) is 0 Å². The number of aromatic carboxylic acids is 1. The quantitative estimate of drug-likeness (QED) is 0.486. The van der Waals surface area contributed by atoms with Gasteiger partial charge in [-0.15, -0.1) is 0 Å². The van der Waals surface area contributed by atoms with Crippen LogP contribution in [0.5, 0.6) is 0 Å². The SMILES string of the molecule is COC.NNc1ccccc1C(=O)O. The summed E-state index contributed by atoms with van der Waals surface area (Å²) in [6.45, 7) is 0. The monoisotopic (exact) mass is 198 g/mol. The van der Waals surface area contributed by atoms with Gasteiger partial charge in [-0.2, -0.15) is 0 Å². The summed E-state index contributed by atoms with van der Waals surface area (Å²) >= 11 is 0. The third kappa shape index (κ3) is 3.88. The van der Waals surface area contributed by atoms with Crippen molar-refractivity contribution in [3.05, 3.63) is 29.8 Å². The Bertz CT molecular complexity index is 289. The molecule has 1 aromatic rings. The third-order valence-corrected chi connectivity index (χ3v) is 1.31. The number of nitrogens with one attached hydrogen (secondary N) is 1. The van der Waals surface area contributed by atoms with Crippen molar-refractivity contribution < 1.29 is 14.6 Å². The second-order valence-corrected chi connectivity index (χ2v) is 2.40. The molecule has 0 heterocycles. The molecule has 0 saturated heterocycles. The first-order chi connectivity index (χ1) is 6.67. The smallest absolute Gasteiger partial charge is 0.337 e. The average molecular weight is 198 g/mol. The summed E-state index contributed by atoms with van der Waals surface area (Å²) in [6, 6.07) is 6.44. The van der Waals surface area contributed by atoms with Crippen LogP contribution in [0.4, 0.5) is 5.69 Å². The molecule has 5 nitrogen and oxygen atoms in total. The van der Waals surface area contributed by atoms with Gasteiger partial charge in [0.1, 0.15) is 0 Å². The molecular weight excluding hydrogens is 184 g/mol. The molecule has 0 aliphatic carbocycles. The van der Waals surface area contributed by atoms with Gasteiger partial charge in [0.05, 0.1) is 11.3 Å². The number of hydrogen-bond donors (Lipinski definition) is 3. The highest BCUT2D eigenvalue weighted by molar-refractivity contribution is 5.93. The van der Waals surface area contributed by atoms with Crippen molar-refractivity contribution in [2.24, 2.45) is 5.84 Å². The molecule has 0 saturated carbocycles. The van der Waals surface area contributed by atoms with Crippen molar-refractivity contribution in [3.8, 4) is 0 Å². The van der Waals surface area contributed by atoms with Crippen LogP contribution in [0.2, 0.25) is 0 Å². The fourth-order valence-electron chi connectivity index (χ4n) is 0.795. The minimum absolute atomic E-state index is 0.176. The highest BCUT2D eigenvalue weighted by Gasteiger charge is 2.06. The molecule has 0 radical (unpaired) electrons. The number of hydrogen-bond acceptors (Lipinski definition) is 4. The number of benzene rings is 1. The van der Waals surface area contributed by atoms with Crippen molar-refractivity contribution in [2.45, 2.75) is 0 Å². The number of nitrogens with two attached hydrogens (primary N) is 1. The lowest BCUT2D eigenvalue weighted by atomic mass is 10.2. The molecule has 0 aliphatic heterocycles. The molecule has 0 atom stereocenters. The fourth-order valence-corrected chi connectivity index (χ4v) is 0.795. The predicted molar refractivity (Wildman–Crippen MR) is 54.1 cm³/mol. The van der Waals surface area contributed by atoms with Gasteiger partial charge in [-0.3, -0.25) is 5.84 Å². The molecular formula is C9H14N2O3. The molecule has 78 valence electrons. The molecule has 4 N–H and O–H groups in total. The van der Waals surface area contributed by atoms with E-state index in [1.807, 2.05) is 0 Å². The van der Waals surface area contributed by atoms with E-state index in [0.717, 1.165) is 0 Å². The molecule has 5 heteroatoms. The van der Waals surface area contributed by atoms with Gasteiger partial charge in [-0.05, 0) is 12.1 Å². The Morgan fingerprint density at radius 3 is 2.29 bits per heavy atom. The zero-order valence-electron chi connectivity index (χ0n) is 8.15. The molecule has 0 aromatic heterocycles. The van der Waals surface area contributed by atoms with E-state index in [9.17, 15) is 4.79 Å². The standard InChI is InChI=1S/C7H8N2O2.C2H6O/c8-9-6-4-2-1-3-5(6)7(10)11;1-3-2/h1-4,9H,8H2,(H,10,11);1-2H3. The topological polar surface area (TPSA) is 84.6 Å². The summed E-state index contributed by atoms with van der Waals surface area (Å²) < 4.78 is 4.25. The summed E-state index contributed by atoms with van der Waals surface area (Å²) in [6.07, 6.45) is 0. The Morgan fingerprint density at radius 2 is 1.93 bits per heavy atom. The van der Waals surface area contributed by atoms with E-state index in [1.165, 1.54) is 6.07 Å². The summed E-state index contributed by atoms with van der Waals surface area (Å²) in [5.41, 5.74) is 2.89. The maximum absolute atomic E-state index is 10.5. The zero-order chi connectivity index (χ0) is 11.0. The summed E-state index contributed by atoms with van der Waals surface area (Å²) in [7, 11) is 3.25. The van der Waals surface area contributed by atoms with Crippen molar-refractivity contribution in [1.29, 1.82) is 0 Å². The first-order valence-electron chi connectivity index (χ1n) is 3.86. The highest BCUT2D eigenvalue weighted by atomic mass is 16.4. The van der Waals surface area contributed by atoms with Crippen LogP contribution >= 0.6 is 0 Å². The Hall–Kier alpha value is -1.59. The lowest BCUT2D eigenvalue weighted by molar-refractivity contribution is 0.0698. The number of methoxy groups -OCH3 is 1. The molecule has 1 rings (SSSR count). The van der Waals surface area contributed by atoms with Gasteiger partial charge in [0.25, 0.3) is 0 Å². The highest BCUT2D eigenvalue weighted by Crippen LogP contribution is 2.12. The van der Waals surface area contributed by atoms with E-state index in [1.54, 1.807) is 32.4 Å². The summed E-state index contributed by atoms with van der Waals surface area (Å²) in [5.74, 6) is 4.09. The van der Waals surface area contributed by atoms with Gasteiger partial charge in [-0.1, -0.05) is 12.1 Å². The van der Waals surface area contributed by atoms with Gasteiger partial charge in [0, 0.05) is 14.2 Å². The number of carboxylic acid groups (broad SMARTS) is 1. The van der Waals surface area contributed by atoms with E-state index >= 15 is 0 Å². The Labute approximate surface area is 82.5 Å². The van der Waals surface area contributed by atoms with Gasteiger partial charge in [0.15, 0.2) is 0 Å². The number of anilines is 1. The summed E-state index contributed by atoms with van der Waals surface area (Å²) in [4.78, 5) is 10.5. The van der Waals surface area contributed by atoms with Crippen molar-refractivity contribution >= 4 is 11.7 Å². The van der Waals surface area contributed by atoms with Crippen molar-refractivity contribution in [1.82, 2.24) is 0 Å². The van der Waals surface area contributed by atoms with E-state index in [0.29, 0.717) is 5.69 Å². The molecule has 0 unspecified atom stereocenters. The van der Waals surface area contributed by atoms with Crippen LogP contribution in [0.15, 0.2) is 24.3 Å². The number of ether oxygens (including phenoxy) is 1. The average Bonchev–Trinajstić information content (AvgIpc) is 2.19.